The van der Waals surface area contributed by atoms with Crippen LogP contribution in [0.4, 0.5) is 4.39 Å². The zero-order chi connectivity index (χ0) is 29.5. The van der Waals surface area contributed by atoms with Crippen LogP contribution in [0.1, 0.15) is 43.2 Å². The van der Waals surface area contributed by atoms with Gasteiger partial charge in [0.25, 0.3) is 0 Å². The SMILES string of the molecule is CN1CCN(S(=O)(=O)n2cc(CN(CCOCCN(C)C3CCCCC3)Cc3cccnc3F)c3ccccc32)CC1. The first kappa shape index (κ1) is 31.0. The summed E-state index contributed by atoms with van der Waals surface area (Å²) >= 11 is 0. The lowest BCUT2D eigenvalue weighted by Gasteiger charge is -2.31. The topological polar surface area (TPSA) is 74.2 Å². The Kier molecular flexibility index (Phi) is 10.6. The molecule has 1 saturated carbocycles. The number of rotatable bonds is 13. The molecule has 5 rings (SSSR count). The van der Waals surface area contributed by atoms with Crippen molar-refractivity contribution in [3.63, 3.8) is 0 Å². The van der Waals surface area contributed by atoms with Gasteiger partial charge < -0.3 is 14.5 Å². The summed E-state index contributed by atoms with van der Waals surface area (Å²) in [6.45, 7) is 5.72. The van der Waals surface area contributed by atoms with Gasteiger partial charge in [-0.25, -0.2) is 8.96 Å². The summed E-state index contributed by atoms with van der Waals surface area (Å²) in [5.41, 5.74) is 2.04. The molecule has 11 heteroatoms. The smallest absolute Gasteiger partial charge is 0.308 e. The molecule has 0 radical (unpaired) electrons. The van der Waals surface area contributed by atoms with Crippen molar-refractivity contribution in [2.75, 3.05) is 66.6 Å². The Bertz CT molecular complexity index is 1400. The largest absolute Gasteiger partial charge is 0.379 e. The molecular formula is C31H45FN6O3S. The fourth-order valence-corrected chi connectivity index (χ4v) is 7.66. The highest BCUT2D eigenvalue weighted by atomic mass is 32.2. The molecule has 2 aliphatic rings. The number of benzene rings is 1. The van der Waals surface area contributed by atoms with E-state index in [0.29, 0.717) is 76.1 Å². The van der Waals surface area contributed by atoms with Crippen LogP contribution >= 0.6 is 0 Å². The Balaban J connectivity index is 1.30. The Morgan fingerprint density at radius 2 is 1.67 bits per heavy atom. The fraction of sp³-hybridized carbons (Fsp3) is 0.581. The number of likely N-dealkylation sites (N-methyl/N-ethyl adjacent to an activating group) is 2. The normalized spacial score (nSPS) is 18.0. The highest BCUT2D eigenvalue weighted by Gasteiger charge is 2.29. The summed E-state index contributed by atoms with van der Waals surface area (Å²) in [5.74, 6) is -0.488. The molecule has 0 spiro atoms. The van der Waals surface area contributed by atoms with E-state index in [4.69, 9.17) is 4.74 Å². The lowest BCUT2D eigenvalue weighted by atomic mass is 9.94. The molecular weight excluding hydrogens is 555 g/mol. The van der Waals surface area contributed by atoms with Gasteiger partial charge in [0.1, 0.15) is 0 Å². The molecule has 2 fully saturated rings. The first-order valence-corrected chi connectivity index (χ1v) is 16.6. The van der Waals surface area contributed by atoms with Gasteiger partial charge in [0.05, 0.1) is 18.7 Å². The van der Waals surface area contributed by atoms with Crippen LogP contribution in [0, 0.1) is 5.95 Å². The van der Waals surface area contributed by atoms with E-state index in [2.05, 4.69) is 26.7 Å². The van der Waals surface area contributed by atoms with Crippen LogP contribution < -0.4 is 0 Å². The van der Waals surface area contributed by atoms with Crippen LogP contribution in [-0.4, -0.2) is 109 Å². The second-order valence-electron chi connectivity index (χ2n) is 11.7. The van der Waals surface area contributed by atoms with Crippen LogP contribution in [0.3, 0.4) is 0 Å². The van der Waals surface area contributed by atoms with Gasteiger partial charge in [0.15, 0.2) is 0 Å². The standard InChI is InChI=1S/C31H45FN6O3S/c1-34-15-17-37(18-16-34)42(39,40)38-25-27(29-12-6-7-13-30(29)38)24-36(23-26-9-8-14-33-31(26)32)20-22-41-21-19-35(2)28-10-4-3-5-11-28/h6-9,12-14,25,28H,3-5,10-11,15-24H2,1-2H3. The molecule has 1 aliphatic heterocycles. The van der Waals surface area contributed by atoms with Crippen molar-refractivity contribution >= 4 is 21.1 Å². The van der Waals surface area contributed by atoms with Gasteiger partial charge >= 0.3 is 10.2 Å². The molecule has 1 saturated heterocycles. The Hall–Kier alpha value is -2.41. The number of para-hydroxylation sites is 1. The highest BCUT2D eigenvalue weighted by Crippen LogP contribution is 2.27. The van der Waals surface area contributed by atoms with E-state index >= 15 is 0 Å². The van der Waals surface area contributed by atoms with E-state index in [0.717, 1.165) is 17.5 Å². The van der Waals surface area contributed by atoms with Gasteiger partial charge in [-0.3, -0.25) is 4.90 Å². The van der Waals surface area contributed by atoms with Crippen molar-refractivity contribution in [2.24, 2.45) is 0 Å². The van der Waals surface area contributed by atoms with E-state index in [1.165, 1.54) is 42.3 Å². The van der Waals surface area contributed by atoms with Crippen molar-refractivity contribution in [3.8, 4) is 0 Å². The van der Waals surface area contributed by atoms with E-state index in [9.17, 15) is 12.8 Å². The maximum atomic E-state index is 14.6. The van der Waals surface area contributed by atoms with Crippen molar-refractivity contribution < 1.29 is 17.5 Å². The number of nitrogens with zero attached hydrogens (tertiary/aromatic N) is 6. The van der Waals surface area contributed by atoms with E-state index in [1.807, 2.05) is 31.3 Å². The number of pyridine rings is 1. The molecule has 42 heavy (non-hydrogen) atoms. The average Bonchev–Trinajstić information content (AvgIpc) is 3.37. The molecule has 3 aromatic rings. The third-order valence-electron chi connectivity index (χ3n) is 8.76. The second kappa shape index (κ2) is 14.4. The summed E-state index contributed by atoms with van der Waals surface area (Å²) in [4.78, 5) is 10.5. The summed E-state index contributed by atoms with van der Waals surface area (Å²) in [5, 5.41) is 0.877. The molecule has 0 N–H and O–H groups in total. The van der Waals surface area contributed by atoms with Crippen LogP contribution in [0.2, 0.25) is 0 Å². The van der Waals surface area contributed by atoms with Crippen molar-refractivity contribution in [2.45, 2.75) is 51.2 Å². The minimum absolute atomic E-state index is 0.343. The molecule has 230 valence electrons. The predicted octanol–water partition coefficient (Wildman–Crippen LogP) is 3.80. The Morgan fingerprint density at radius 3 is 2.43 bits per heavy atom. The lowest BCUT2D eigenvalue weighted by molar-refractivity contribution is 0.0704. The molecule has 3 heterocycles. The number of halogens is 1. The molecule has 2 aromatic heterocycles. The summed E-state index contributed by atoms with van der Waals surface area (Å²) < 4.78 is 51.1. The molecule has 0 bridgehead atoms. The molecule has 9 nitrogen and oxygen atoms in total. The quantitative estimate of drug-likeness (QED) is 0.218. The minimum atomic E-state index is -3.73. The molecule has 0 amide bonds. The lowest BCUT2D eigenvalue weighted by Crippen LogP contribution is -2.48. The van der Waals surface area contributed by atoms with Gasteiger partial charge in [-0.15, -0.1) is 0 Å². The Morgan fingerprint density at radius 1 is 0.952 bits per heavy atom. The summed E-state index contributed by atoms with van der Waals surface area (Å²) in [6.07, 6.45) is 9.68. The van der Waals surface area contributed by atoms with Crippen molar-refractivity contribution in [1.82, 2.24) is 28.0 Å². The number of hydrogen-bond donors (Lipinski definition) is 0. The van der Waals surface area contributed by atoms with Crippen LogP contribution in [0.5, 0.6) is 0 Å². The second-order valence-corrected chi connectivity index (χ2v) is 13.5. The van der Waals surface area contributed by atoms with E-state index < -0.39 is 16.2 Å². The number of hydrogen-bond acceptors (Lipinski definition) is 7. The van der Waals surface area contributed by atoms with E-state index in [1.54, 1.807) is 22.6 Å². The van der Waals surface area contributed by atoms with Gasteiger partial charge in [0, 0.05) is 81.7 Å². The van der Waals surface area contributed by atoms with Gasteiger partial charge in [-0.2, -0.15) is 17.1 Å². The van der Waals surface area contributed by atoms with Gasteiger partial charge in [0.2, 0.25) is 5.95 Å². The maximum absolute atomic E-state index is 14.6. The van der Waals surface area contributed by atoms with Crippen LogP contribution in [0.15, 0.2) is 48.8 Å². The number of aromatic nitrogens is 2. The Labute approximate surface area is 250 Å². The minimum Gasteiger partial charge on any atom is -0.379 e. The highest BCUT2D eigenvalue weighted by molar-refractivity contribution is 7.87. The first-order chi connectivity index (χ1) is 20.3. The first-order valence-electron chi connectivity index (χ1n) is 15.2. The zero-order valence-corrected chi connectivity index (χ0v) is 25.8. The van der Waals surface area contributed by atoms with Crippen molar-refractivity contribution in [1.29, 1.82) is 0 Å². The van der Waals surface area contributed by atoms with Gasteiger partial charge in [-0.05, 0) is 44.6 Å². The van der Waals surface area contributed by atoms with Crippen LogP contribution in [-0.2, 0) is 28.0 Å². The summed E-state index contributed by atoms with van der Waals surface area (Å²) in [7, 11) is 0.460. The fourth-order valence-electron chi connectivity index (χ4n) is 6.12. The number of ether oxygens (including phenoxy) is 1. The average molecular weight is 601 g/mol. The monoisotopic (exact) mass is 600 g/mol. The maximum Gasteiger partial charge on any atom is 0.308 e. The molecule has 1 aromatic carbocycles. The summed E-state index contributed by atoms with van der Waals surface area (Å²) in [6, 6.07) is 11.7. The zero-order valence-electron chi connectivity index (χ0n) is 25.0. The van der Waals surface area contributed by atoms with Crippen LogP contribution in [0.25, 0.3) is 10.9 Å². The van der Waals surface area contributed by atoms with Crippen molar-refractivity contribution in [3.05, 3.63) is 65.9 Å². The predicted molar refractivity (Wildman–Crippen MR) is 164 cm³/mol. The molecule has 0 unspecified atom stereocenters. The molecule has 0 atom stereocenters. The van der Waals surface area contributed by atoms with Gasteiger partial charge in [-0.1, -0.05) is 43.5 Å². The number of piperazine rings is 1. The third kappa shape index (κ3) is 7.56. The molecule has 1 aliphatic carbocycles. The number of fused-ring (bicyclic) bond motifs is 1. The van der Waals surface area contributed by atoms with E-state index in [-0.39, 0.29) is 0 Å². The third-order valence-corrected chi connectivity index (χ3v) is 10.6.